The average Bonchev–Trinajstić information content (AvgIpc) is 3.38. The molecule has 1 fully saturated rings. The number of aromatic amines is 2. The van der Waals surface area contributed by atoms with E-state index in [-0.39, 0.29) is 18.2 Å². The third-order valence-electron chi connectivity index (χ3n) is 5.38. The monoisotopic (exact) mass is 467 g/mol. The zero-order valence-electron chi connectivity index (χ0n) is 17.5. The summed E-state index contributed by atoms with van der Waals surface area (Å²) < 4.78 is 47.0. The minimum Gasteiger partial charge on any atom is -0.455 e. The third kappa shape index (κ3) is 6.32. The lowest BCUT2D eigenvalue weighted by atomic mass is 9.88. The lowest BCUT2D eigenvalue weighted by Crippen LogP contribution is -2.16. The first-order valence-corrected chi connectivity index (χ1v) is 10.3. The SMILES string of the molecule is CC1CCC(N=Cc2[nH]c(-c3ccc[nH]3)cc2Oc2ccc(OC(F)(F)F)cc2)CC1.Cl. The fraction of sp³-hybridized carbons (Fsp3) is 0.348. The van der Waals surface area contributed by atoms with Crippen molar-refractivity contribution in [3.8, 4) is 28.6 Å². The number of alkyl halides is 3. The van der Waals surface area contributed by atoms with Gasteiger partial charge in [-0.25, -0.2) is 0 Å². The third-order valence-corrected chi connectivity index (χ3v) is 5.38. The number of nitrogens with zero attached hydrogens (tertiary/aromatic N) is 1. The van der Waals surface area contributed by atoms with Crippen molar-refractivity contribution in [3.63, 3.8) is 0 Å². The number of benzene rings is 1. The van der Waals surface area contributed by atoms with E-state index in [9.17, 15) is 13.2 Å². The van der Waals surface area contributed by atoms with Crippen LogP contribution in [-0.2, 0) is 0 Å². The molecule has 1 aliphatic carbocycles. The van der Waals surface area contributed by atoms with Gasteiger partial charge in [-0.1, -0.05) is 6.92 Å². The molecule has 0 saturated heterocycles. The Morgan fingerprint density at radius 3 is 2.31 bits per heavy atom. The van der Waals surface area contributed by atoms with Crippen LogP contribution in [0, 0.1) is 5.92 Å². The molecule has 0 unspecified atom stereocenters. The van der Waals surface area contributed by atoms with Crippen LogP contribution in [0.4, 0.5) is 13.2 Å². The molecule has 5 nitrogen and oxygen atoms in total. The van der Waals surface area contributed by atoms with Crippen LogP contribution in [0.1, 0.15) is 38.3 Å². The molecular weight excluding hydrogens is 443 g/mol. The smallest absolute Gasteiger partial charge is 0.455 e. The van der Waals surface area contributed by atoms with Gasteiger partial charge >= 0.3 is 6.36 Å². The molecular formula is C23H25ClF3N3O2. The molecule has 9 heteroatoms. The first kappa shape index (κ1) is 23.8. The Bertz CT molecular complexity index is 1010. The number of rotatable bonds is 6. The molecule has 172 valence electrons. The van der Waals surface area contributed by atoms with E-state index in [0.29, 0.717) is 23.2 Å². The van der Waals surface area contributed by atoms with E-state index < -0.39 is 6.36 Å². The van der Waals surface area contributed by atoms with Crippen LogP contribution in [0.3, 0.4) is 0 Å². The molecule has 0 aliphatic heterocycles. The molecule has 0 atom stereocenters. The minimum absolute atomic E-state index is 0. The molecule has 1 saturated carbocycles. The highest BCUT2D eigenvalue weighted by Gasteiger charge is 2.31. The van der Waals surface area contributed by atoms with E-state index in [4.69, 9.17) is 9.73 Å². The van der Waals surface area contributed by atoms with E-state index in [1.54, 1.807) is 6.21 Å². The number of ether oxygens (including phenoxy) is 2. The normalized spacial score (nSPS) is 19.0. The number of nitrogens with one attached hydrogen (secondary N) is 2. The molecule has 3 aromatic rings. The Kier molecular flexibility index (Phi) is 7.56. The highest BCUT2D eigenvalue weighted by atomic mass is 35.5. The summed E-state index contributed by atoms with van der Waals surface area (Å²) in [5, 5.41) is 0. The Balaban J connectivity index is 0.00000289. The van der Waals surface area contributed by atoms with Gasteiger partial charge in [0, 0.05) is 18.5 Å². The van der Waals surface area contributed by atoms with Gasteiger partial charge in [-0.2, -0.15) is 0 Å². The van der Waals surface area contributed by atoms with E-state index in [1.165, 1.54) is 37.1 Å². The summed E-state index contributed by atoms with van der Waals surface area (Å²) in [6, 6.07) is 11.3. The summed E-state index contributed by atoms with van der Waals surface area (Å²) in [7, 11) is 0. The van der Waals surface area contributed by atoms with Gasteiger partial charge in [-0.15, -0.1) is 25.6 Å². The van der Waals surface area contributed by atoms with E-state index in [2.05, 4.69) is 21.6 Å². The molecule has 0 amide bonds. The second-order valence-corrected chi connectivity index (χ2v) is 7.86. The Hall–Kier alpha value is -2.87. The van der Waals surface area contributed by atoms with Gasteiger partial charge in [0.25, 0.3) is 0 Å². The van der Waals surface area contributed by atoms with Crippen LogP contribution in [0.15, 0.2) is 53.7 Å². The van der Waals surface area contributed by atoms with Crippen LogP contribution in [0.2, 0.25) is 0 Å². The molecule has 32 heavy (non-hydrogen) atoms. The maximum atomic E-state index is 12.4. The van der Waals surface area contributed by atoms with Crippen molar-refractivity contribution >= 4 is 18.6 Å². The zero-order chi connectivity index (χ0) is 21.8. The van der Waals surface area contributed by atoms with Crippen molar-refractivity contribution in [1.29, 1.82) is 0 Å². The molecule has 1 aliphatic rings. The van der Waals surface area contributed by atoms with Crippen LogP contribution < -0.4 is 9.47 Å². The van der Waals surface area contributed by atoms with Gasteiger partial charge < -0.3 is 19.4 Å². The fourth-order valence-corrected chi connectivity index (χ4v) is 3.68. The summed E-state index contributed by atoms with van der Waals surface area (Å²) in [4.78, 5) is 11.2. The Morgan fingerprint density at radius 1 is 1.00 bits per heavy atom. The molecule has 2 heterocycles. The lowest BCUT2D eigenvalue weighted by molar-refractivity contribution is -0.274. The second kappa shape index (κ2) is 10.2. The topological polar surface area (TPSA) is 62.4 Å². The zero-order valence-corrected chi connectivity index (χ0v) is 18.3. The number of hydrogen-bond donors (Lipinski definition) is 2. The van der Waals surface area contributed by atoms with Crippen molar-refractivity contribution in [2.75, 3.05) is 0 Å². The van der Waals surface area contributed by atoms with Crippen LogP contribution in [0.5, 0.6) is 17.2 Å². The van der Waals surface area contributed by atoms with Crippen molar-refractivity contribution < 1.29 is 22.6 Å². The van der Waals surface area contributed by atoms with Gasteiger partial charge in [0.2, 0.25) is 0 Å². The summed E-state index contributed by atoms with van der Waals surface area (Å²) in [5.74, 6) is 1.39. The average molecular weight is 468 g/mol. The molecule has 2 N–H and O–H groups in total. The van der Waals surface area contributed by atoms with Crippen LogP contribution in [-0.4, -0.2) is 28.6 Å². The van der Waals surface area contributed by atoms with Crippen molar-refractivity contribution in [2.24, 2.45) is 10.9 Å². The number of aliphatic imine (C=N–C) groups is 1. The molecule has 2 aromatic heterocycles. The number of aromatic nitrogens is 2. The second-order valence-electron chi connectivity index (χ2n) is 7.86. The lowest BCUT2D eigenvalue weighted by Gasteiger charge is -2.22. The molecule has 0 radical (unpaired) electrons. The summed E-state index contributed by atoms with van der Waals surface area (Å²) in [5.41, 5.74) is 2.43. The predicted molar refractivity (Wildman–Crippen MR) is 120 cm³/mol. The Morgan fingerprint density at radius 2 is 1.69 bits per heavy atom. The quantitative estimate of drug-likeness (QED) is 0.379. The Labute approximate surface area is 190 Å². The summed E-state index contributed by atoms with van der Waals surface area (Å²) >= 11 is 0. The van der Waals surface area contributed by atoms with Crippen LogP contribution in [0.25, 0.3) is 11.4 Å². The number of hydrogen-bond acceptors (Lipinski definition) is 3. The minimum atomic E-state index is -4.73. The van der Waals surface area contributed by atoms with Gasteiger partial charge in [0.15, 0.2) is 5.75 Å². The highest BCUT2D eigenvalue weighted by Crippen LogP contribution is 2.32. The van der Waals surface area contributed by atoms with Crippen molar-refractivity contribution in [3.05, 3.63) is 54.4 Å². The summed E-state index contributed by atoms with van der Waals surface area (Å²) in [6.07, 6.45) is 3.38. The fourth-order valence-electron chi connectivity index (χ4n) is 3.68. The largest absolute Gasteiger partial charge is 0.573 e. The first-order valence-electron chi connectivity index (χ1n) is 10.3. The molecule has 1 aromatic carbocycles. The molecule has 4 rings (SSSR count). The van der Waals surface area contributed by atoms with E-state index in [1.807, 2.05) is 24.4 Å². The highest BCUT2D eigenvalue weighted by molar-refractivity contribution is 5.85. The standard InChI is InChI=1S/C23H24F3N3O2.ClH/c1-15-4-6-16(7-5-15)28-14-21-22(13-20(29-21)19-3-2-12-27-19)30-17-8-10-18(11-9-17)31-23(24,25)26;/h2-3,8-16,27,29H,4-7H2,1H3;1H. The van der Waals surface area contributed by atoms with Crippen LogP contribution >= 0.6 is 12.4 Å². The van der Waals surface area contributed by atoms with Gasteiger partial charge in [0.1, 0.15) is 17.2 Å². The molecule has 0 spiro atoms. The van der Waals surface area contributed by atoms with Gasteiger partial charge in [-0.05, 0) is 68.0 Å². The van der Waals surface area contributed by atoms with Crippen molar-refractivity contribution in [1.82, 2.24) is 9.97 Å². The van der Waals surface area contributed by atoms with Crippen molar-refractivity contribution in [2.45, 2.75) is 45.0 Å². The van der Waals surface area contributed by atoms with Gasteiger partial charge in [-0.3, -0.25) is 4.99 Å². The van der Waals surface area contributed by atoms with Gasteiger partial charge in [0.05, 0.1) is 17.4 Å². The first-order chi connectivity index (χ1) is 14.9. The van der Waals surface area contributed by atoms with E-state index >= 15 is 0 Å². The maximum absolute atomic E-state index is 12.4. The maximum Gasteiger partial charge on any atom is 0.573 e. The number of H-pyrrole nitrogens is 2. The predicted octanol–water partition coefficient (Wildman–Crippen LogP) is 7.12. The molecule has 0 bridgehead atoms. The number of halogens is 4. The van der Waals surface area contributed by atoms with E-state index in [0.717, 1.165) is 30.1 Å². The summed E-state index contributed by atoms with van der Waals surface area (Å²) in [6.45, 7) is 2.27.